The summed E-state index contributed by atoms with van der Waals surface area (Å²) in [6.45, 7) is 1.55. The Hall–Kier alpha value is -1.62. The molecule has 0 aliphatic rings. The van der Waals surface area contributed by atoms with Crippen molar-refractivity contribution in [3.63, 3.8) is 0 Å². The molecule has 0 radical (unpaired) electrons. The molecule has 0 saturated heterocycles. The van der Waals surface area contributed by atoms with E-state index in [2.05, 4.69) is 0 Å². The molecule has 1 N–H and O–H groups in total. The molecular formula is C9H11NO4. The fraction of sp³-hybridized carbons (Fsp3) is 0.333. The van der Waals surface area contributed by atoms with E-state index in [9.17, 15) is 15.2 Å². The summed E-state index contributed by atoms with van der Waals surface area (Å²) in [5.41, 5.74) is 0.364. The van der Waals surface area contributed by atoms with Crippen LogP contribution >= 0.6 is 0 Å². The van der Waals surface area contributed by atoms with Crippen molar-refractivity contribution in [2.24, 2.45) is 0 Å². The Kier molecular flexibility index (Phi) is 3.03. The molecule has 1 atom stereocenters. The Morgan fingerprint density at radius 2 is 2.21 bits per heavy atom. The third kappa shape index (κ3) is 2.00. The van der Waals surface area contributed by atoms with Gasteiger partial charge in [-0.25, -0.2) is 0 Å². The molecule has 5 heteroatoms. The van der Waals surface area contributed by atoms with Crippen LogP contribution in [0.1, 0.15) is 18.6 Å². The number of ether oxygens (including phenoxy) is 1. The minimum Gasteiger partial charge on any atom is -0.490 e. The van der Waals surface area contributed by atoms with Gasteiger partial charge in [0, 0.05) is 6.07 Å². The first kappa shape index (κ1) is 10.5. The highest BCUT2D eigenvalue weighted by molar-refractivity contribution is 5.49. The van der Waals surface area contributed by atoms with Gasteiger partial charge in [0.05, 0.1) is 18.1 Å². The first-order valence-corrected chi connectivity index (χ1v) is 4.06. The lowest BCUT2D eigenvalue weighted by Crippen LogP contribution is -1.97. The summed E-state index contributed by atoms with van der Waals surface area (Å²) in [6, 6.07) is 4.38. The van der Waals surface area contributed by atoms with Gasteiger partial charge in [-0.3, -0.25) is 10.1 Å². The van der Waals surface area contributed by atoms with E-state index >= 15 is 0 Å². The van der Waals surface area contributed by atoms with Crippen molar-refractivity contribution in [3.05, 3.63) is 33.9 Å². The van der Waals surface area contributed by atoms with E-state index in [0.717, 1.165) is 0 Å². The molecule has 1 aromatic carbocycles. The molecule has 0 saturated carbocycles. The van der Waals surface area contributed by atoms with E-state index in [4.69, 9.17) is 4.74 Å². The number of hydrogen-bond donors (Lipinski definition) is 1. The van der Waals surface area contributed by atoms with Gasteiger partial charge in [0.2, 0.25) is 0 Å². The minimum absolute atomic E-state index is 0.133. The lowest BCUT2D eigenvalue weighted by molar-refractivity contribution is -0.385. The van der Waals surface area contributed by atoms with Gasteiger partial charge in [-0.05, 0) is 18.6 Å². The van der Waals surface area contributed by atoms with Crippen LogP contribution in [0.25, 0.3) is 0 Å². The molecule has 0 spiro atoms. The van der Waals surface area contributed by atoms with Gasteiger partial charge in [0.25, 0.3) is 0 Å². The minimum atomic E-state index is -0.723. The first-order chi connectivity index (χ1) is 6.56. The number of methoxy groups -OCH3 is 1. The smallest absolute Gasteiger partial charge is 0.311 e. The number of nitro benzene ring substituents is 1. The molecule has 0 aliphatic heterocycles. The Balaban J connectivity index is 3.21. The summed E-state index contributed by atoms with van der Waals surface area (Å²) >= 11 is 0. The van der Waals surface area contributed by atoms with Gasteiger partial charge in [-0.1, -0.05) is 6.07 Å². The summed E-state index contributed by atoms with van der Waals surface area (Å²) in [6.07, 6.45) is -0.723. The van der Waals surface area contributed by atoms with E-state index in [0.29, 0.717) is 5.56 Å². The molecule has 0 bridgehead atoms. The highest BCUT2D eigenvalue weighted by Crippen LogP contribution is 2.29. The number of benzene rings is 1. The van der Waals surface area contributed by atoms with Crippen LogP contribution < -0.4 is 4.74 Å². The number of hydrogen-bond acceptors (Lipinski definition) is 4. The summed E-state index contributed by atoms with van der Waals surface area (Å²) in [4.78, 5) is 10.1. The predicted molar refractivity (Wildman–Crippen MR) is 50.3 cm³/mol. The van der Waals surface area contributed by atoms with Crippen LogP contribution in [-0.2, 0) is 0 Å². The third-order valence-electron chi connectivity index (χ3n) is 1.88. The van der Waals surface area contributed by atoms with Crippen molar-refractivity contribution >= 4 is 5.69 Å². The summed E-state index contributed by atoms with van der Waals surface area (Å²) < 4.78 is 4.82. The second kappa shape index (κ2) is 4.06. The Labute approximate surface area is 81.1 Å². The average Bonchev–Trinajstić information content (AvgIpc) is 2.16. The van der Waals surface area contributed by atoms with Crippen LogP contribution in [0.3, 0.4) is 0 Å². The highest BCUT2D eigenvalue weighted by atomic mass is 16.6. The van der Waals surface area contributed by atoms with Gasteiger partial charge in [-0.2, -0.15) is 0 Å². The van der Waals surface area contributed by atoms with Gasteiger partial charge in [-0.15, -0.1) is 0 Å². The fourth-order valence-corrected chi connectivity index (χ4v) is 1.11. The van der Waals surface area contributed by atoms with E-state index in [-0.39, 0.29) is 11.4 Å². The standard InChI is InChI=1S/C9H11NO4/c1-6(11)7-3-4-9(14-2)8(5-7)10(12)13/h3-6,11H,1-2H3. The second-order valence-electron chi connectivity index (χ2n) is 2.86. The van der Waals surface area contributed by atoms with Crippen LogP contribution in [0, 0.1) is 10.1 Å². The fourth-order valence-electron chi connectivity index (χ4n) is 1.11. The van der Waals surface area contributed by atoms with Gasteiger partial charge < -0.3 is 9.84 Å². The highest BCUT2D eigenvalue weighted by Gasteiger charge is 2.16. The van der Waals surface area contributed by atoms with Gasteiger partial charge >= 0.3 is 5.69 Å². The normalized spacial score (nSPS) is 12.2. The zero-order valence-electron chi connectivity index (χ0n) is 7.93. The molecule has 5 nitrogen and oxygen atoms in total. The maximum atomic E-state index is 10.6. The first-order valence-electron chi connectivity index (χ1n) is 4.06. The molecule has 1 unspecified atom stereocenters. The zero-order valence-corrected chi connectivity index (χ0v) is 7.93. The monoisotopic (exact) mass is 197 g/mol. The SMILES string of the molecule is COc1ccc(C(C)O)cc1[N+](=O)[O-]. The van der Waals surface area contributed by atoms with Crippen LogP contribution in [0.5, 0.6) is 5.75 Å². The topological polar surface area (TPSA) is 72.6 Å². The number of rotatable bonds is 3. The Bertz CT molecular complexity index is 349. The number of nitrogens with zero attached hydrogens (tertiary/aromatic N) is 1. The zero-order chi connectivity index (χ0) is 10.7. The molecule has 76 valence electrons. The molecule has 0 amide bonds. The summed E-state index contributed by atoms with van der Waals surface area (Å²) in [7, 11) is 1.37. The molecule has 0 fully saturated rings. The number of aliphatic hydroxyl groups is 1. The van der Waals surface area contributed by atoms with Crippen molar-refractivity contribution in [1.29, 1.82) is 0 Å². The molecule has 0 aliphatic carbocycles. The number of aliphatic hydroxyl groups excluding tert-OH is 1. The Morgan fingerprint density at radius 3 is 2.64 bits per heavy atom. The summed E-state index contributed by atoms with van der Waals surface area (Å²) in [5.74, 6) is 0.194. The lowest BCUT2D eigenvalue weighted by Gasteiger charge is -2.06. The van der Waals surface area contributed by atoms with Crippen LogP contribution in [0.15, 0.2) is 18.2 Å². The van der Waals surface area contributed by atoms with Crippen molar-refractivity contribution in [2.75, 3.05) is 7.11 Å². The van der Waals surface area contributed by atoms with Crippen molar-refractivity contribution in [1.82, 2.24) is 0 Å². The third-order valence-corrected chi connectivity index (χ3v) is 1.88. The largest absolute Gasteiger partial charge is 0.490 e. The van der Waals surface area contributed by atoms with Crippen molar-refractivity contribution < 1.29 is 14.8 Å². The van der Waals surface area contributed by atoms with E-state index in [1.165, 1.54) is 19.2 Å². The van der Waals surface area contributed by atoms with Crippen LogP contribution in [0.4, 0.5) is 5.69 Å². The predicted octanol–water partition coefficient (Wildman–Crippen LogP) is 1.66. The maximum absolute atomic E-state index is 10.6. The van der Waals surface area contributed by atoms with Crippen molar-refractivity contribution in [3.8, 4) is 5.75 Å². The van der Waals surface area contributed by atoms with Gasteiger partial charge in [0.1, 0.15) is 0 Å². The van der Waals surface area contributed by atoms with Crippen LogP contribution in [0.2, 0.25) is 0 Å². The molecule has 1 aromatic rings. The summed E-state index contributed by atoms with van der Waals surface area (Å²) in [5, 5.41) is 19.8. The quantitative estimate of drug-likeness (QED) is 0.590. The van der Waals surface area contributed by atoms with Crippen LogP contribution in [-0.4, -0.2) is 17.1 Å². The Morgan fingerprint density at radius 1 is 1.57 bits per heavy atom. The molecule has 1 rings (SSSR count). The molecular weight excluding hydrogens is 186 g/mol. The average molecular weight is 197 g/mol. The van der Waals surface area contributed by atoms with Gasteiger partial charge in [0.15, 0.2) is 5.75 Å². The van der Waals surface area contributed by atoms with E-state index in [1.54, 1.807) is 13.0 Å². The lowest BCUT2D eigenvalue weighted by atomic mass is 10.1. The van der Waals surface area contributed by atoms with E-state index < -0.39 is 11.0 Å². The van der Waals surface area contributed by atoms with Crippen molar-refractivity contribution in [2.45, 2.75) is 13.0 Å². The maximum Gasteiger partial charge on any atom is 0.311 e. The molecule has 0 aromatic heterocycles. The van der Waals surface area contributed by atoms with E-state index in [1.807, 2.05) is 0 Å². The number of nitro groups is 1. The second-order valence-corrected chi connectivity index (χ2v) is 2.86. The molecule has 0 heterocycles. The molecule has 14 heavy (non-hydrogen) atoms.